The van der Waals surface area contributed by atoms with Crippen molar-refractivity contribution in [3.63, 3.8) is 0 Å². The maximum absolute atomic E-state index is 8.91. The highest BCUT2D eigenvalue weighted by Crippen LogP contribution is 2.29. The van der Waals surface area contributed by atoms with Crippen LogP contribution in [-0.2, 0) is 0 Å². The van der Waals surface area contributed by atoms with Gasteiger partial charge < -0.3 is 10.4 Å². The van der Waals surface area contributed by atoms with Crippen molar-refractivity contribution >= 4 is 27.2 Å². The number of hydrogen-bond acceptors (Lipinski definition) is 2. The highest BCUT2D eigenvalue weighted by molar-refractivity contribution is 6.11. The van der Waals surface area contributed by atoms with Gasteiger partial charge in [0.25, 0.3) is 0 Å². The summed E-state index contributed by atoms with van der Waals surface area (Å²) in [5.74, 6) is 0. The van der Waals surface area contributed by atoms with E-state index >= 15 is 0 Å². The van der Waals surface area contributed by atoms with Gasteiger partial charge in [-0.2, -0.15) is 0 Å². The molecule has 0 unspecified atom stereocenters. The molecule has 0 atom stereocenters. The molecule has 3 aromatic carbocycles. The van der Waals surface area contributed by atoms with E-state index in [0.717, 1.165) is 5.69 Å². The van der Waals surface area contributed by atoms with Crippen LogP contribution in [0.25, 0.3) is 21.5 Å². The number of fused-ring (bicyclic) bond motifs is 3. The van der Waals surface area contributed by atoms with Gasteiger partial charge in [-0.15, -0.1) is 0 Å². The van der Waals surface area contributed by atoms with Gasteiger partial charge in [0.2, 0.25) is 0 Å². The van der Waals surface area contributed by atoms with Crippen molar-refractivity contribution in [2.24, 2.45) is 0 Å². The molecule has 2 heteroatoms. The number of rotatable bonds is 3. The number of anilines is 1. The van der Waals surface area contributed by atoms with Crippen LogP contribution in [0, 0.1) is 0 Å². The summed E-state index contributed by atoms with van der Waals surface area (Å²) in [5.41, 5.74) is 1.08. The lowest BCUT2D eigenvalue weighted by molar-refractivity contribution is 0.311. The van der Waals surface area contributed by atoms with Gasteiger partial charge in [-0.25, -0.2) is 0 Å². The highest BCUT2D eigenvalue weighted by Gasteiger charge is 2.03. The maximum Gasteiger partial charge on any atom is 0.0604 e. The monoisotopic (exact) mass is 237 g/mol. The third kappa shape index (κ3) is 1.81. The van der Waals surface area contributed by atoms with Crippen LogP contribution < -0.4 is 5.32 Å². The molecule has 0 heterocycles. The Kier molecular flexibility index (Phi) is 2.87. The van der Waals surface area contributed by atoms with Crippen LogP contribution in [0.1, 0.15) is 0 Å². The highest BCUT2D eigenvalue weighted by atomic mass is 16.3. The predicted molar refractivity (Wildman–Crippen MR) is 77.0 cm³/mol. The fourth-order valence-corrected chi connectivity index (χ4v) is 2.39. The van der Waals surface area contributed by atoms with E-state index in [1.807, 2.05) is 6.07 Å². The lowest BCUT2D eigenvalue weighted by Gasteiger charge is -2.10. The number of aliphatic hydroxyl groups excluding tert-OH is 1. The van der Waals surface area contributed by atoms with Gasteiger partial charge in [-0.05, 0) is 22.2 Å². The van der Waals surface area contributed by atoms with Crippen LogP contribution in [-0.4, -0.2) is 18.3 Å². The third-order valence-corrected chi connectivity index (χ3v) is 3.21. The molecule has 0 amide bonds. The van der Waals surface area contributed by atoms with Gasteiger partial charge in [0.15, 0.2) is 0 Å². The van der Waals surface area contributed by atoms with E-state index in [0.29, 0.717) is 6.54 Å². The van der Waals surface area contributed by atoms with Crippen molar-refractivity contribution in [3.05, 3.63) is 54.6 Å². The molecule has 3 aromatic rings. The zero-order valence-electron chi connectivity index (χ0n) is 10.1. The first kappa shape index (κ1) is 11.1. The zero-order chi connectivity index (χ0) is 12.4. The summed E-state index contributed by atoms with van der Waals surface area (Å²) in [6, 6.07) is 18.9. The van der Waals surface area contributed by atoms with Gasteiger partial charge >= 0.3 is 0 Å². The van der Waals surface area contributed by atoms with Crippen molar-refractivity contribution in [2.45, 2.75) is 0 Å². The molecule has 0 aliphatic heterocycles. The van der Waals surface area contributed by atoms with E-state index in [1.54, 1.807) is 0 Å². The molecule has 0 fully saturated rings. The molecule has 0 saturated carbocycles. The SMILES string of the molecule is OCCNc1cccc2c1ccc1ccccc12. The minimum absolute atomic E-state index is 0.143. The second kappa shape index (κ2) is 4.67. The Hall–Kier alpha value is -2.06. The van der Waals surface area contributed by atoms with Crippen LogP contribution in [0.5, 0.6) is 0 Å². The lowest BCUT2D eigenvalue weighted by Crippen LogP contribution is -2.05. The quantitative estimate of drug-likeness (QED) is 0.684. The zero-order valence-corrected chi connectivity index (χ0v) is 10.1. The molecule has 0 saturated heterocycles. The number of nitrogens with one attached hydrogen (secondary N) is 1. The first-order valence-electron chi connectivity index (χ1n) is 6.15. The summed E-state index contributed by atoms with van der Waals surface area (Å²) in [7, 11) is 0. The molecule has 0 aliphatic rings. The molecule has 0 radical (unpaired) electrons. The summed E-state index contributed by atoms with van der Waals surface area (Å²) >= 11 is 0. The summed E-state index contributed by atoms with van der Waals surface area (Å²) in [6.45, 7) is 0.718. The summed E-state index contributed by atoms with van der Waals surface area (Å²) in [4.78, 5) is 0. The van der Waals surface area contributed by atoms with Crippen LogP contribution in [0.2, 0.25) is 0 Å². The van der Waals surface area contributed by atoms with Gasteiger partial charge in [0.1, 0.15) is 0 Å². The summed E-state index contributed by atoms with van der Waals surface area (Å²) < 4.78 is 0. The molecule has 0 spiro atoms. The fraction of sp³-hybridized carbons (Fsp3) is 0.125. The van der Waals surface area contributed by atoms with Gasteiger partial charge in [0.05, 0.1) is 6.61 Å². The molecule has 0 aliphatic carbocycles. The number of hydrogen-bond donors (Lipinski definition) is 2. The summed E-state index contributed by atoms with van der Waals surface area (Å²) in [6.07, 6.45) is 0. The van der Waals surface area contributed by atoms with E-state index in [4.69, 9.17) is 5.11 Å². The van der Waals surface area contributed by atoms with Gasteiger partial charge in [0, 0.05) is 17.6 Å². The molecular formula is C16H15NO. The second-order valence-electron chi connectivity index (χ2n) is 4.34. The molecule has 2 N–H and O–H groups in total. The Morgan fingerprint density at radius 3 is 2.50 bits per heavy atom. The smallest absolute Gasteiger partial charge is 0.0604 e. The molecule has 0 bridgehead atoms. The first-order chi connectivity index (χ1) is 8.90. The van der Waals surface area contributed by atoms with Crippen molar-refractivity contribution in [1.82, 2.24) is 0 Å². The Balaban J connectivity index is 2.26. The van der Waals surface area contributed by atoms with E-state index in [2.05, 4.69) is 53.8 Å². The molecule has 3 rings (SSSR count). The minimum atomic E-state index is 0.143. The maximum atomic E-state index is 8.91. The molecule has 18 heavy (non-hydrogen) atoms. The van der Waals surface area contributed by atoms with Crippen molar-refractivity contribution in [3.8, 4) is 0 Å². The Bertz CT molecular complexity index is 691. The second-order valence-corrected chi connectivity index (χ2v) is 4.34. The average molecular weight is 237 g/mol. The third-order valence-electron chi connectivity index (χ3n) is 3.21. The van der Waals surface area contributed by atoms with Crippen LogP contribution >= 0.6 is 0 Å². The lowest BCUT2D eigenvalue weighted by atomic mass is 10.0. The molecule has 0 aromatic heterocycles. The van der Waals surface area contributed by atoms with E-state index in [-0.39, 0.29) is 6.61 Å². The average Bonchev–Trinajstić information content (AvgIpc) is 2.44. The minimum Gasteiger partial charge on any atom is -0.395 e. The van der Waals surface area contributed by atoms with Crippen LogP contribution in [0.4, 0.5) is 5.69 Å². The van der Waals surface area contributed by atoms with Crippen LogP contribution in [0.3, 0.4) is 0 Å². The largest absolute Gasteiger partial charge is 0.395 e. The standard InChI is InChI=1S/C16H15NO/c18-11-10-17-16-7-3-6-14-13-5-2-1-4-12(13)8-9-15(14)16/h1-9,17-18H,10-11H2. The van der Waals surface area contributed by atoms with Crippen molar-refractivity contribution < 1.29 is 5.11 Å². The number of benzene rings is 3. The Morgan fingerprint density at radius 2 is 1.61 bits per heavy atom. The van der Waals surface area contributed by atoms with Crippen LogP contribution in [0.15, 0.2) is 54.6 Å². The van der Waals surface area contributed by atoms with E-state index < -0.39 is 0 Å². The molecule has 90 valence electrons. The molecule has 2 nitrogen and oxygen atoms in total. The topological polar surface area (TPSA) is 32.3 Å². The normalized spacial score (nSPS) is 10.9. The first-order valence-corrected chi connectivity index (χ1v) is 6.15. The van der Waals surface area contributed by atoms with E-state index in [9.17, 15) is 0 Å². The molecular weight excluding hydrogens is 222 g/mol. The summed E-state index contributed by atoms with van der Waals surface area (Å²) in [5, 5.41) is 17.1. The fourth-order valence-electron chi connectivity index (χ4n) is 2.39. The van der Waals surface area contributed by atoms with Crippen molar-refractivity contribution in [1.29, 1.82) is 0 Å². The van der Waals surface area contributed by atoms with Gasteiger partial charge in [-0.1, -0.05) is 48.5 Å². The Morgan fingerprint density at radius 1 is 0.778 bits per heavy atom. The van der Waals surface area contributed by atoms with Gasteiger partial charge in [-0.3, -0.25) is 0 Å². The number of aliphatic hydroxyl groups is 1. The van der Waals surface area contributed by atoms with E-state index in [1.165, 1.54) is 21.5 Å². The predicted octanol–water partition coefficient (Wildman–Crippen LogP) is 3.40. The van der Waals surface area contributed by atoms with Crippen molar-refractivity contribution in [2.75, 3.05) is 18.5 Å². The Labute approximate surface area is 106 Å².